The summed E-state index contributed by atoms with van der Waals surface area (Å²) in [5, 5.41) is 5.79. The van der Waals surface area contributed by atoms with Gasteiger partial charge in [-0.15, -0.1) is 0 Å². The standard InChI is InChI=1S/C26H33N5/c1-2-3-8-23-30-24-25(21-6-4-5-7-22(21)29-26(24)27)31(23)17-20-13-11-19(12-14-20)16-28-15-18-9-10-18/h6-7,11-14,18,28H,2-5,8-10,15-17H2,1H3,(H2,27,29). The number of hydrogen-bond acceptors (Lipinski definition) is 4. The average Bonchev–Trinajstić information content (AvgIpc) is 3.54. The molecule has 0 atom stereocenters. The fourth-order valence-corrected chi connectivity index (χ4v) is 4.50. The molecular formula is C26H33N5. The van der Waals surface area contributed by atoms with Gasteiger partial charge < -0.3 is 15.6 Å². The van der Waals surface area contributed by atoms with Crippen LogP contribution in [0, 0.1) is 5.92 Å². The number of pyridine rings is 1. The molecule has 2 aliphatic rings. The summed E-state index contributed by atoms with van der Waals surface area (Å²) in [6.45, 7) is 5.14. The molecule has 0 radical (unpaired) electrons. The van der Waals surface area contributed by atoms with E-state index in [2.05, 4.69) is 58.2 Å². The van der Waals surface area contributed by atoms with Gasteiger partial charge >= 0.3 is 0 Å². The first-order valence-corrected chi connectivity index (χ1v) is 11.9. The third-order valence-electron chi connectivity index (χ3n) is 6.49. The summed E-state index contributed by atoms with van der Waals surface area (Å²) in [4.78, 5) is 9.61. The molecule has 2 aliphatic carbocycles. The van der Waals surface area contributed by atoms with Gasteiger partial charge in [-0.05, 0) is 55.7 Å². The van der Waals surface area contributed by atoms with Crippen molar-refractivity contribution in [3.8, 4) is 0 Å². The smallest absolute Gasteiger partial charge is 0.152 e. The Hall–Kier alpha value is -2.66. The molecule has 1 aromatic carbocycles. The van der Waals surface area contributed by atoms with Crippen molar-refractivity contribution in [3.05, 3.63) is 51.8 Å². The molecule has 5 rings (SSSR count). The number of nitrogen functional groups attached to an aromatic ring is 1. The molecule has 5 nitrogen and oxygen atoms in total. The molecule has 0 unspecified atom stereocenters. The lowest BCUT2D eigenvalue weighted by Gasteiger charge is -2.12. The van der Waals surface area contributed by atoms with Crippen LogP contribution in [-0.4, -0.2) is 21.1 Å². The number of nitrogens with zero attached hydrogens (tertiary/aromatic N) is 3. The van der Waals surface area contributed by atoms with Crippen molar-refractivity contribution in [2.24, 2.45) is 5.92 Å². The molecular weight excluding hydrogens is 382 g/mol. The second-order valence-corrected chi connectivity index (χ2v) is 9.09. The minimum absolute atomic E-state index is 0.550. The highest BCUT2D eigenvalue weighted by Gasteiger charge is 2.20. The lowest BCUT2D eigenvalue weighted by Crippen LogP contribution is -2.33. The minimum atomic E-state index is 0.550. The van der Waals surface area contributed by atoms with Crippen LogP contribution in [0.5, 0.6) is 0 Å². The van der Waals surface area contributed by atoms with E-state index in [9.17, 15) is 0 Å². The van der Waals surface area contributed by atoms with Crippen molar-refractivity contribution in [2.45, 2.75) is 65.0 Å². The summed E-state index contributed by atoms with van der Waals surface area (Å²) in [7, 11) is 0. The first-order valence-electron chi connectivity index (χ1n) is 11.9. The monoisotopic (exact) mass is 415 g/mol. The van der Waals surface area contributed by atoms with E-state index in [1.165, 1.54) is 29.2 Å². The number of benzene rings is 1. The van der Waals surface area contributed by atoms with Crippen LogP contribution in [0.1, 0.15) is 62.4 Å². The number of nitrogens with one attached hydrogen (secondary N) is 1. The number of aryl methyl sites for hydroxylation is 1. The second-order valence-electron chi connectivity index (χ2n) is 9.09. The van der Waals surface area contributed by atoms with Crippen LogP contribution in [0.15, 0.2) is 24.3 Å². The van der Waals surface area contributed by atoms with Gasteiger partial charge in [-0.2, -0.15) is 0 Å². The molecule has 3 aromatic rings. The van der Waals surface area contributed by atoms with Gasteiger partial charge in [0.25, 0.3) is 0 Å². The number of hydrogen-bond donors (Lipinski definition) is 2. The molecule has 0 saturated heterocycles. The van der Waals surface area contributed by atoms with E-state index in [4.69, 9.17) is 10.7 Å². The lowest BCUT2D eigenvalue weighted by molar-refractivity contribution is 0.638. The Bertz CT molecular complexity index is 1190. The van der Waals surface area contributed by atoms with Crippen molar-refractivity contribution in [1.29, 1.82) is 0 Å². The van der Waals surface area contributed by atoms with Crippen LogP contribution in [0.4, 0.5) is 5.82 Å². The third kappa shape index (κ3) is 4.38. The van der Waals surface area contributed by atoms with Crippen LogP contribution in [0.25, 0.3) is 23.2 Å². The zero-order valence-corrected chi connectivity index (χ0v) is 18.5. The van der Waals surface area contributed by atoms with Gasteiger partial charge in [0.2, 0.25) is 0 Å². The molecule has 0 spiro atoms. The van der Waals surface area contributed by atoms with Crippen LogP contribution in [0.2, 0.25) is 0 Å². The van der Waals surface area contributed by atoms with Crippen LogP contribution in [-0.2, 0) is 19.5 Å². The molecule has 1 saturated carbocycles. The van der Waals surface area contributed by atoms with E-state index in [0.717, 1.165) is 79.9 Å². The van der Waals surface area contributed by atoms with Crippen LogP contribution in [0.3, 0.4) is 0 Å². The van der Waals surface area contributed by atoms with Crippen molar-refractivity contribution < 1.29 is 0 Å². The van der Waals surface area contributed by atoms with E-state index >= 15 is 0 Å². The summed E-state index contributed by atoms with van der Waals surface area (Å²) in [6, 6.07) is 9.03. The number of anilines is 1. The van der Waals surface area contributed by atoms with Crippen molar-refractivity contribution in [2.75, 3.05) is 12.3 Å². The highest BCUT2D eigenvalue weighted by atomic mass is 15.1. The Balaban J connectivity index is 1.48. The molecule has 0 aliphatic heterocycles. The molecule has 0 bridgehead atoms. The Morgan fingerprint density at radius 2 is 1.84 bits per heavy atom. The van der Waals surface area contributed by atoms with Crippen molar-refractivity contribution in [3.63, 3.8) is 0 Å². The van der Waals surface area contributed by atoms with Crippen LogP contribution >= 0.6 is 0 Å². The molecule has 1 fully saturated rings. The Morgan fingerprint density at radius 3 is 2.61 bits per heavy atom. The fourth-order valence-electron chi connectivity index (χ4n) is 4.50. The molecule has 31 heavy (non-hydrogen) atoms. The fraction of sp³-hybridized carbons (Fsp3) is 0.462. The number of rotatable bonds is 9. The van der Waals surface area contributed by atoms with E-state index in [1.54, 1.807) is 0 Å². The van der Waals surface area contributed by atoms with Gasteiger partial charge in [0.1, 0.15) is 11.3 Å². The lowest BCUT2D eigenvalue weighted by atomic mass is 10.1. The molecule has 2 aromatic heterocycles. The number of imidazole rings is 1. The molecule has 3 N–H and O–H groups in total. The van der Waals surface area contributed by atoms with E-state index in [-0.39, 0.29) is 0 Å². The zero-order valence-electron chi connectivity index (χ0n) is 18.5. The highest BCUT2D eigenvalue weighted by Crippen LogP contribution is 2.27. The topological polar surface area (TPSA) is 68.8 Å². The normalized spacial score (nSPS) is 15.5. The third-order valence-corrected chi connectivity index (χ3v) is 6.49. The SMILES string of the molecule is CCCCc1nc2c(N)nc3c(c2n1Cc1ccc(CNCC2CC2)cc1)=CCCC=3. The predicted molar refractivity (Wildman–Crippen MR) is 128 cm³/mol. The second kappa shape index (κ2) is 8.83. The van der Waals surface area contributed by atoms with Gasteiger partial charge in [-0.25, -0.2) is 9.97 Å². The van der Waals surface area contributed by atoms with Gasteiger partial charge in [0.15, 0.2) is 5.82 Å². The van der Waals surface area contributed by atoms with Crippen molar-refractivity contribution >= 4 is 29.0 Å². The van der Waals surface area contributed by atoms with E-state index < -0.39 is 0 Å². The molecule has 5 heteroatoms. The summed E-state index contributed by atoms with van der Waals surface area (Å²) in [5.74, 6) is 2.58. The highest BCUT2D eigenvalue weighted by molar-refractivity contribution is 5.86. The van der Waals surface area contributed by atoms with Gasteiger partial charge in [0.05, 0.1) is 10.9 Å². The van der Waals surface area contributed by atoms with Gasteiger partial charge in [-0.1, -0.05) is 49.8 Å². The Labute approximate surface area is 184 Å². The first kappa shape index (κ1) is 20.3. The summed E-state index contributed by atoms with van der Waals surface area (Å²) in [5.41, 5.74) is 11.0. The average molecular weight is 416 g/mol. The largest absolute Gasteiger partial charge is 0.382 e. The summed E-state index contributed by atoms with van der Waals surface area (Å²) >= 11 is 0. The van der Waals surface area contributed by atoms with Crippen molar-refractivity contribution in [1.82, 2.24) is 19.9 Å². The number of nitrogens with two attached hydrogens (primary N) is 1. The molecule has 0 amide bonds. The zero-order chi connectivity index (χ0) is 21.2. The van der Waals surface area contributed by atoms with Crippen LogP contribution < -0.4 is 21.6 Å². The maximum Gasteiger partial charge on any atom is 0.152 e. The number of aromatic nitrogens is 3. The Kier molecular flexibility index (Phi) is 5.77. The summed E-state index contributed by atoms with van der Waals surface area (Å²) < 4.78 is 2.39. The van der Waals surface area contributed by atoms with Gasteiger partial charge in [0, 0.05) is 24.7 Å². The maximum atomic E-state index is 6.35. The first-order chi connectivity index (χ1) is 15.2. The van der Waals surface area contributed by atoms with E-state index in [0.29, 0.717) is 5.82 Å². The predicted octanol–water partition coefficient (Wildman–Crippen LogP) is 3.26. The molecule has 162 valence electrons. The van der Waals surface area contributed by atoms with Gasteiger partial charge in [-0.3, -0.25) is 0 Å². The number of fused-ring (bicyclic) bond motifs is 3. The quantitative estimate of drug-likeness (QED) is 0.563. The maximum absolute atomic E-state index is 6.35. The Morgan fingerprint density at radius 1 is 1.06 bits per heavy atom. The molecule has 2 heterocycles. The number of unbranched alkanes of at least 4 members (excludes halogenated alkanes) is 1. The van der Waals surface area contributed by atoms with E-state index in [1.807, 2.05) is 0 Å². The summed E-state index contributed by atoms with van der Waals surface area (Å²) in [6.07, 6.45) is 12.6. The minimum Gasteiger partial charge on any atom is -0.382 e.